The van der Waals surface area contributed by atoms with Gasteiger partial charge in [0, 0.05) is 13.8 Å². The standard InChI is InChI=1S/C17H22O6/c1-5-20-15(18)12(16(19)21-6-2)9-11-7-8-13-14(10-11)23-17(3,4)22-13/h7-8,10,12H,5-6,9H2,1-4H3. The highest BCUT2D eigenvalue weighted by atomic mass is 16.7. The van der Waals surface area contributed by atoms with Gasteiger partial charge in [0.15, 0.2) is 17.4 Å². The van der Waals surface area contributed by atoms with Gasteiger partial charge in [0.2, 0.25) is 5.79 Å². The van der Waals surface area contributed by atoms with Gasteiger partial charge in [-0.05, 0) is 38.0 Å². The van der Waals surface area contributed by atoms with Crippen LogP contribution in [0.1, 0.15) is 33.3 Å². The normalized spacial score (nSPS) is 14.7. The number of rotatable bonds is 6. The summed E-state index contributed by atoms with van der Waals surface area (Å²) in [6, 6.07) is 5.34. The summed E-state index contributed by atoms with van der Waals surface area (Å²) < 4.78 is 21.2. The van der Waals surface area contributed by atoms with E-state index in [1.807, 2.05) is 13.8 Å². The van der Waals surface area contributed by atoms with E-state index in [0.717, 1.165) is 5.56 Å². The molecular formula is C17H22O6. The molecule has 0 unspecified atom stereocenters. The van der Waals surface area contributed by atoms with E-state index in [2.05, 4.69) is 0 Å². The van der Waals surface area contributed by atoms with E-state index in [4.69, 9.17) is 18.9 Å². The zero-order valence-corrected chi connectivity index (χ0v) is 13.9. The van der Waals surface area contributed by atoms with Gasteiger partial charge in [-0.25, -0.2) is 0 Å². The average Bonchev–Trinajstić information content (AvgIpc) is 2.78. The molecular weight excluding hydrogens is 300 g/mol. The minimum Gasteiger partial charge on any atom is -0.465 e. The number of ether oxygens (including phenoxy) is 4. The molecule has 126 valence electrons. The Morgan fingerprint density at radius 2 is 1.61 bits per heavy atom. The zero-order valence-electron chi connectivity index (χ0n) is 13.9. The van der Waals surface area contributed by atoms with Crippen LogP contribution in [0.2, 0.25) is 0 Å². The van der Waals surface area contributed by atoms with Crippen molar-refractivity contribution >= 4 is 11.9 Å². The van der Waals surface area contributed by atoms with Gasteiger partial charge < -0.3 is 18.9 Å². The molecule has 0 amide bonds. The summed E-state index contributed by atoms with van der Waals surface area (Å²) >= 11 is 0. The topological polar surface area (TPSA) is 71.1 Å². The van der Waals surface area contributed by atoms with Crippen molar-refractivity contribution in [3.8, 4) is 11.5 Å². The molecule has 0 aromatic heterocycles. The Bertz CT molecular complexity index is 575. The van der Waals surface area contributed by atoms with Crippen molar-refractivity contribution in [3.05, 3.63) is 23.8 Å². The molecule has 0 radical (unpaired) electrons. The molecule has 0 aliphatic carbocycles. The first-order chi connectivity index (χ1) is 10.9. The van der Waals surface area contributed by atoms with Crippen LogP contribution in [0.15, 0.2) is 18.2 Å². The predicted molar refractivity (Wildman–Crippen MR) is 82.2 cm³/mol. The Morgan fingerprint density at radius 1 is 1.04 bits per heavy atom. The lowest BCUT2D eigenvalue weighted by Crippen LogP contribution is -2.30. The largest absolute Gasteiger partial charge is 0.465 e. The SMILES string of the molecule is CCOC(=O)C(Cc1ccc2c(c1)OC(C)(C)O2)C(=O)OCC. The van der Waals surface area contributed by atoms with Crippen molar-refractivity contribution in [2.75, 3.05) is 13.2 Å². The summed E-state index contributed by atoms with van der Waals surface area (Å²) in [6.07, 6.45) is 0.189. The molecule has 6 nitrogen and oxygen atoms in total. The molecule has 1 aromatic carbocycles. The van der Waals surface area contributed by atoms with E-state index in [1.54, 1.807) is 32.0 Å². The van der Waals surface area contributed by atoms with Crippen molar-refractivity contribution in [1.82, 2.24) is 0 Å². The van der Waals surface area contributed by atoms with Crippen LogP contribution in [-0.4, -0.2) is 30.9 Å². The first-order valence-corrected chi connectivity index (χ1v) is 7.70. The third-order valence-corrected chi connectivity index (χ3v) is 3.30. The first kappa shape index (κ1) is 17.1. The highest BCUT2D eigenvalue weighted by Crippen LogP contribution is 2.39. The van der Waals surface area contributed by atoms with Crippen molar-refractivity contribution < 1.29 is 28.5 Å². The molecule has 1 heterocycles. The lowest BCUT2D eigenvalue weighted by Gasteiger charge is -2.16. The van der Waals surface area contributed by atoms with Gasteiger partial charge >= 0.3 is 11.9 Å². The van der Waals surface area contributed by atoms with Crippen LogP contribution >= 0.6 is 0 Å². The summed E-state index contributed by atoms with van der Waals surface area (Å²) in [5.74, 6) is -1.62. The fourth-order valence-electron chi connectivity index (χ4n) is 2.38. The summed E-state index contributed by atoms with van der Waals surface area (Å²) in [7, 11) is 0. The Kier molecular flexibility index (Phi) is 5.13. The van der Waals surface area contributed by atoms with E-state index in [1.165, 1.54) is 0 Å². The molecule has 2 rings (SSSR count). The number of carbonyl (C=O) groups excluding carboxylic acids is 2. The monoisotopic (exact) mass is 322 g/mol. The van der Waals surface area contributed by atoms with E-state index in [9.17, 15) is 9.59 Å². The number of hydrogen-bond donors (Lipinski definition) is 0. The van der Waals surface area contributed by atoms with Gasteiger partial charge in [0.25, 0.3) is 0 Å². The molecule has 23 heavy (non-hydrogen) atoms. The molecule has 0 saturated carbocycles. The number of benzene rings is 1. The quantitative estimate of drug-likeness (QED) is 0.592. The molecule has 0 atom stereocenters. The lowest BCUT2D eigenvalue weighted by molar-refractivity contribution is -0.161. The Hall–Kier alpha value is -2.24. The Labute approximate surface area is 135 Å². The van der Waals surface area contributed by atoms with E-state index in [0.29, 0.717) is 11.5 Å². The van der Waals surface area contributed by atoms with Gasteiger partial charge in [-0.1, -0.05) is 6.07 Å². The molecule has 0 fully saturated rings. The van der Waals surface area contributed by atoms with E-state index < -0.39 is 23.6 Å². The van der Waals surface area contributed by atoms with Crippen molar-refractivity contribution in [2.45, 2.75) is 39.9 Å². The number of hydrogen-bond acceptors (Lipinski definition) is 6. The fourth-order valence-corrected chi connectivity index (χ4v) is 2.38. The van der Waals surface area contributed by atoms with Crippen LogP contribution < -0.4 is 9.47 Å². The van der Waals surface area contributed by atoms with Gasteiger partial charge in [0.1, 0.15) is 0 Å². The van der Waals surface area contributed by atoms with Gasteiger partial charge in [-0.2, -0.15) is 0 Å². The molecule has 1 aliphatic rings. The predicted octanol–water partition coefficient (Wildman–Crippen LogP) is 2.48. The van der Waals surface area contributed by atoms with Crippen LogP contribution in [0.5, 0.6) is 11.5 Å². The van der Waals surface area contributed by atoms with Crippen molar-refractivity contribution in [3.63, 3.8) is 0 Å². The molecule has 0 bridgehead atoms. The lowest BCUT2D eigenvalue weighted by atomic mass is 9.99. The second-order valence-electron chi connectivity index (χ2n) is 5.65. The maximum atomic E-state index is 12.0. The summed E-state index contributed by atoms with van der Waals surface area (Å²) in [5.41, 5.74) is 0.774. The van der Waals surface area contributed by atoms with Crippen molar-refractivity contribution in [1.29, 1.82) is 0 Å². The Morgan fingerprint density at radius 3 is 2.17 bits per heavy atom. The number of esters is 2. The highest BCUT2D eigenvalue weighted by molar-refractivity contribution is 5.95. The van der Waals surface area contributed by atoms with E-state index >= 15 is 0 Å². The average molecular weight is 322 g/mol. The van der Waals surface area contributed by atoms with Gasteiger partial charge in [-0.3, -0.25) is 9.59 Å². The maximum absolute atomic E-state index is 12.0. The van der Waals surface area contributed by atoms with Crippen LogP contribution in [0, 0.1) is 5.92 Å². The Balaban J connectivity index is 2.17. The zero-order chi connectivity index (χ0) is 17.0. The van der Waals surface area contributed by atoms with E-state index in [-0.39, 0.29) is 19.6 Å². The summed E-state index contributed by atoms with van der Waals surface area (Å²) in [5, 5.41) is 0. The summed E-state index contributed by atoms with van der Waals surface area (Å²) in [6.45, 7) is 7.44. The van der Waals surface area contributed by atoms with Gasteiger partial charge in [-0.15, -0.1) is 0 Å². The molecule has 6 heteroatoms. The minimum absolute atomic E-state index is 0.189. The second kappa shape index (κ2) is 6.89. The van der Waals surface area contributed by atoms with Gasteiger partial charge in [0.05, 0.1) is 13.2 Å². The maximum Gasteiger partial charge on any atom is 0.320 e. The third-order valence-electron chi connectivity index (χ3n) is 3.30. The van der Waals surface area contributed by atoms with Crippen LogP contribution in [0.25, 0.3) is 0 Å². The molecule has 0 N–H and O–H groups in total. The molecule has 0 spiro atoms. The number of carbonyl (C=O) groups is 2. The van der Waals surface area contributed by atoms with Crippen molar-refractivity contribution in [2.24, 2.45) is 5.92 Å². The minimum atomic E-state index is -0.983. The third kappa shape index (κ3) is 4.15. The number of fused-ring (bicyclic) bond motifs is 1. The van der Waals surface area contributed by atoms with Crippen LogP contribution in [-0.2, 0) is 25.5 Å². The van der Waals surface area contributed by atoms with Crippen LogP contribution in [0.4, 0.5) is 0 Å². The first-order valence-electron chi connectivity index (χ1n) is 7.70. The molecule has 0 saturated heterocycles. The molecule has 1 aliphatic heterocycles. The second-order valence-corrected chi connectivity index (χ2v) is 5.65. The van der Waals surface area contributed by atoms with Crippen LogP contribution in [0.3, 0.4) is 0 Å². The summed E-state index contributed by atoms with van der Waals surface area (Å²) in [4.78, 5) is 24.0. The fraction of sp³-hybridized carbons (Fsp3) is 0.529. The molecule has 1 aromatic rings. The smallest absolute Gasteiger partial charge is 0.320 e. The highest BCUT2D eigenvalue weighted by Gasteiger charge is 2.33.